The Morgan fingerprint density at radius 1 is 1.32 bits per heavy atom. The highest BCUT2D eigenvalue weighted by molar-refractivity contribution is 7.17. The molecule has 0 spiro atoms. The Labute approximate surface area is 114 Å². The van der Waals surface area contributed by atoms with E-state index in [9.17, 15) is 4.79 Å². The van der Waals surface area contributed by atoms with Gasteiger partial charge < -0.3 is 5.32 Å². The van der Waals surface area contributed by atoms with E-state index in [1.807, 2.05) is 29.6 Å². The third-order valence-electron chi connectivity index (χ3n) is 2.75. The maximum Gasteiger partial charge on any atom is 0.270 e. The molecule has 0 radical (unpaired) electrons. The largest absolute Gasteiger partial charge is 0.347 e. The number of aromatic nitrogens is 2. The van der Waals surface area contributed by atoms with Crippen LogP contribution in [0.2, 0.25) is 0 Å². The summed E-state index contributed by atoms with van der Waals surface area (Å²) in [5.41, 5.74) is 1.41. The SMILES string of the molecule is O=C(NCc1cccnc1)c1cc2sccc2cn1. The molecule has 0 saturated carbocycles. The molecule has 0 aliphatic rings. The predicted molar refractivity (Wildman–Crippen MR) is 75.0 cm³/mol. The Kier molecular flexibility index (Phi) is 3.20. The molecular formula is C14H11N3OS. The molecule has 0 fully saturated rings. The van der Waals surface area contributed by atoms with Gasteiger partial charge in [0.05, 0.1) is 0 Å². The van der Waals surface area contributed by atoms with Crippen molar-refractivity contribution in [2.24, 2.45) is 0 Å². The lowest BCUT2D eigenvalue weighted by molar-refractivity contribution is 0.0946. The van der Waals surface area contributed by atoms with Crippen LogP contribution in [0.15, 0.2) is 48.2 Å². The lowest BCUT2D eigenvalue weighted by Gasteiger charge is -2.04. The fourth-order valence-corrected chi connectivity index (χ4v) is 2.55. The highest BCUT2D eigenvalue weighted by Gasteiger charge is 2.08. The molecule has 4 nitrogen and oxygen atoms in total. The summed E-state index contributed by atoms with van der Waals surface area (Å²) >= 11 is 1.60. The summed E-state index contributed by atoms with van der Waals surface area (Å²) < 4.78 is 1.07. The van der Waals surface area contributed by atoms with Crippen LogP contribution in [0, 0.1) is 0 Å². The van der Waals surface area contributed by atoms with Crippen molar-refractivity contribution in [3.63, 3.8) is 0 Å². The Balaban J connectivity index is 1.73. The van der Waals surface area contributed by atoms with E-state index in [4.69, 9.17) is 0 Å². The summed E-state index contributed by atoms with van der Waals surface area (Å²) in [7, 11) is 0. The summed E-state index contributed by atoms with van der Waals surface area (Å²) in [5.74, 6) is -0.167. The van der Waals surface area contributed by atoms with Gasteiger partial charge in [-0.2, -0.15) is 0 Å². The van der Waals surface area contributed by atoms with Crippen LogP contribution in [0.1, 0.15) is 16.1 Å². The van der Waals surface area contributed by atoms with Crippen molar-refractivity contribution >= 4 is 27.3 Å². The van der Waals surface area contributed by atoms with Crippen molar-refractivity contribution in [1.29, 1.82) is 0 Å². The minimum absolute atomic E-state index is 0.167. The maximum atomic E-state index is 12.0. The van der Waals surface area contributed by atoms with Crippen molar-refractivity contribution in [2.75, 3.05) is 0 Å². The summed E-state index contributed by atoms with van der Waals surface area (Å²) in [4.78, 5) is 20.2. The number of nitrogens with zero attached hydrogens (tertiary/aromatic N) is 2. The van der Waals surface area contributed by atoms with Gasteiger partial charge in [0.2, 0.25) is 0 Å². The van der Waals surface area contributed by atoms with Crippen molar-refractivity contribution in [2.45, 2.75) is 6.54 Å². The van der Waals surface area contributed by atoms with Gasteiger partial charge in [0.25, 0.3) is 5.91 Å². The van der Waals surface area contributed by atoms with Gasteiger partial charge in [0, 0.05) is 35.2 Å². The van der Waals surface area contributed by atoms with E-state index in [0.29, 0.717) is 12.2 Å². The van der Waals surface area contributed by atoms with Crippen molar-refractivity contribution < 1.29 is 4.79 Å². The standard InChI is InChI=1S/C14H11N3OS/c18-14(17-8-10-2-1-4-15-7-10)12-6-13-11(9-16-12)3-5-19-13/h1-7,9H,8H2,(H,17,18). The average Bonchev–Trinajstić information content (AvgIpc) is 2.93. The first kappa shape index (κ1) is 11.8. The molecule has 94 valence electrons. The first-order chi connectivity index (χ1) is 9.33. The fourth-order valence-electron chi connectivity index (χ4n) is 1.76. The smallest absolute Gasteiger partial charge is 0.270 e. The number of hydrogen-bond donors (Lipinski definition) is 1. The van der Waals surface area contributed by atoms with Gasteiger partial charge in [0.1, 0.15) is 5.69 Å². The lowest BCUT2D eigenvalue weighted by Crippen LogP contribution is -2.23. The number of hydrogen-bond acceptors (Lipinski definition) is 4. The van der Waals surface area contributed by atoms with Crippen LogP contribution >= 0.6 is 11.3 Å². The quantitative estimate of drug-likeness (QED) is 0.795. The normalized spacial score (nSPS) is 10.5. The molecule has 0 atom stereocenters. The highest BCUT2D eigenvalue weighted by Crippen LogP contribution is 2.20. The molecule has 5 heteroatoms. The molecule has 1 N–H and O–H groups in total. The molecule has 1 amide bonds. The van der Waals surface area contributed by atoms with Crippen LogP contribution in [-0.4, -0.2) is 15.9 Å². The Morgan fingerprint density at radius 3 is 3.11 bits per heavy atom. The van der Waals surface area contributed by atoms with Crippen molar-refractivity contribution in [1.82, 2.24) is 15.3 Å². The van der Waals surface area contributed by atoms with Crippen molar-refractivity contribution in [3.05, 3.63) is 59.5 Å². The molecular weight excluding hydrogens is 258 g/mol. The van der Waals surface area contributed by atoms with Crippen LogP contribution in [0.25, 0.3) is 10.1 Å². The number of thiophene rings is 1. The Bertz CT molecular complexity index is 709. The summed E-state index contributed by atoms with van der Waals surface area (Å²) in [6, 6.07) is 7.57. The summed E-state index contributed by atoms with van der Waals surface area (Å²) in [5, 5.41) is 5.89. The zero-order chi connectivity index (χ0) is 13.1. The van der Waals surface area contributed by atoms with E-state index in [-0.39, 0.29) is 5.91 Å². The number of pyridine rings is 2. The third-order valence-corrected chi connectivity index (χ3v) is 3.63. The van der Waals surface area contributed by atoms with Crippen molar-refractivity contribution in [3.8, 4) is 0 Å². The fraction of sp³-hybridized carbons (Fsp3) is 0.0714. The predicted octanol–water partition coefficient (Wildman–Crippen LogP) is 2.62. The Morgan fingerprint density at radius 2 is 2.26 bits per heavy atom. The van der Waals surface area contributed by atoms with Gasteiger partial charge in [-0.3, -0.25) is 14.8 Å². The second kappa shape index (κ2) is 5.16. The summed E-state index contributed by atoms with van der Waals surface area (Å²) in [6.45, 7) is 0.455. The highest BCUT2D eigenvalue weighted by atomic mass is 32.1. The van der Waals surface area contributed by atoms with E-state index in [1.165, 1.54) is 0 Å². The molecule has 0 aromatic carbocycles. The molecule has 0 aliphatic heterocycles. The van der Waals surface area contributed by atoms with Gasteiger partial charge in [-0.15, -0.1) is 11.3 Å². The van der Waals surface area contributed by atoms with E-state index < -0.39 is 0 Å². The van der Waals surface area contributed by atoms with E-state index in [2.05, 4.69) is 15.3 Å². The maximum absolute atomic E-state index is 12.0. The molecule has 19 heavy (non-hydrogen) atoms. The number of nitrogens with one attached hydrogen (secondary N) is 1. The molecule has 3 aromatic heterocycles. The third kappa shape index (κ3) is 2.61. The zero-order valence-corrected chi connectivity index (χ0v) is 10.9. The molecule has 0 unspecified atom stereocenters. The van der Waals surface area contributed by atoms with Gasteiger partial charge in [0.15, 0.2) is 0 Å². The second-order valence-electron chi connectivity index (χ2n) is 4.07. The molecule has 3 aromatic rings. The van der Waals surface area contributed by atoms with Gasteiger partial charge in [-0.1, -0.05) is 6.07 Å². The first-order valence-electron chi connectivity index (χ1n) is 5.83. The van der Waals surface area contributed by atoms with Crippen LogP contribution < -0.4 is 5.32 Å². The molecule has 3 heterocycles. The number of carbonyl (C=O) groups excluding carboxylic acids is 1. The van der Waals surface area contributed by atoms with E-state index >= 15 is 0 Å². The number of amides is 1. The minimum Gasteiger partial charge on any atom is -0.347 e. The number of rotatable bonds is 3. The van der Waals surface area contributed by atoms with Crippen LogP contribution in [0.4, 0.5) is 0 Å². The monoisotopic (exact) mass is 269 g/mol. The van der Waals surface area contributed by atoms with Crippen LogP contribution in [0.3, 0.4) is 0 Å². The minimum atomic E-state index is -0.167. The number of fused-ring (bicyclic) bond motifs is 1. The second-order valence-corrected chi connectivity index (χ2v) is 5.02. The van der Waals surface area contributed by atoms with E-state index in [1.54, 1.807) is 29.9 Å². The molecule has 0 bridgehead atoms. The van der Waals surface area contributed by atoms with Crippen LogP contribution in [-0.2, 0) is 6.54 Å². The van der Waals surface area contributed by atoms with Gasteiger partial charge in [-0.25, -0.2) is 0 Å². The molecule has 0 saturated heterocycles. The molecule has 3 rings (SSSR count). The number of carbonyl (C=O) groups is 1. The van der Waals surface area contributed by atoms with Crippen LogP contribution in [0.5, 0.6) is 0 Å². The van der Waals surface area contributed by atoms with Gasteiger partial charge in [-0.05, 0) is 29.1 Å². The molecule has 0 aliphatic carbocycles. The summed E-state index contributed by atoms with van der Waals surface area (Å²) in [6.07, 6.45) is 5.17. The topological polar surface area (TPSA) is 54.9 Å². The lowest BCUT2D eigenvalue weighted by atomic mass is 10.2. The van der Waals surface area contributed by atoms with Gasteiger partial charge >= 0.3 is 0 Å². The first-order valence-corrected chi connectivity index (χ1v) is 6.71. The Hall–Kier alpha value is -2.27. The zero-order valence-electron chi connectivity index (χ0n) is 10.0. The average molecular weight is 269 g/mol. The van der Waals surface area contributed by atoms with E-state index in [0.717, 1.165) is 15.6 Å².